The summed E-state index contributed by atoms with van der Waals surface area (Å²) in [4.78, 5) is 20.6. The molecule has 6 heterocycles. The third-order valence-corrected chi connectivity index (χ3v) is 26.9. The molecule has 11 aromatic carbocycles. The third kappa shape index (κ3) is 18.6. The van der Waals surface area contributed by atoms with Crippen molar-refractivity contribution in [2.24, 2.45) is 0 Å². The summed E-state index contributed by atoms with van der Waals surface area (Å²) in [7, 11) is -2.56. The van der Waals surface area contributed by atoms with Gasteiger partial charge in [0.15, 0.2) is 0 Å². The van der Waals surface area contributed by atoms with Crippen LogP contribution in [0.3, 0.4) is 0 Å². The summed E-state index contributed by atoms with van der Waals surface area (Å²) in [5.74, 6) is 0.587. The summed E-state index contributed by atoms with van der Waals surface area (Å²) in [5.41, 5.74) is 26.7. The number of para-hydroxylation sites is 2. The Bertz CT molecular complexity index is 6480. The molecular formula is C109H98N4O4P2Pt2-2. The molecule has 2 unspecified atom stereocenters. The van der Waals surface area contributed by atoms with Crippen molar-refractivity contribution in [1.82, 2.24) is 19.9 Å². The van der Waals surface area contributed by atoms with Crippen molar-refractivity contribution in [3.63, 3.8) is 0 Å². The fourth-order valence-electron chi connectivity index (χ4n) is 15.5. The van der Waals surface area contributed by atoms with Crippen LogP contribution in [0, 0.1) is 12.1 Å². The second-order valence-electron chi connectivity index (χ2n) is 35.1. The van der Waals surface area contributed by atoms with Gasteiger partial charge in [0.05, 0.1) is 34.8 Å². The first kappa shape index (κ1) is 86.3. The molecule has 8 nitrogen and oxygen atoms in total. The van der Waals surface area contributed by atoms with E-state index >= 15 is 0 Å². The molecule has 17 aromatic rings. The molecule has 2 atom stereocenters. The van der Waals surface area contributed by atoms with Gasteiger partial charge in [0.2, 0.25) is 0 Å². The van der Waals surface area contributed by atoms with Crippen LogP contribution in [0.5, 0.6) is 11.5 Å². The first-order valence-electron chi connectivity index (χ1n) is 40.8. The Morgan fingerprint density at radius 1 is 0.314 bits per heavy atom. The predicted octanol–water partition coefficient (Wildman–Crippen LogP) is 26.3. The molecule has 0 aliphatic carbocycles. The number of aromatic hydroxyl groups is 2. The largest absolute Gasteiger partial charge is 0.507 e. The Kier molecular flexibility index (Phi) is 25.6. The summed E-state index contributed by atoms with van der Waals surface area (Å²) in [5, 5.41) is 28.7. The Labute approximate surface area is 743 Å². The molecule has 0 spiro atoms. The monoisotopic (exact) mass is 1980 g/mol. The molecule has 0 saturated carbocycles. The number of pyridine rings is 4. The van der Waals surface area contributed by atoms with Gasteiger partial charge in [-0.2, -0.15) is 0 Å². The van der Waals surface area contributed by atoms with E-state index in [0.717, 1.165) is 132 Å². The van der Waals surface area contributed by atoms with Crippen molar-refractivity contribution in [1.29, 1.82) is 0 Å². The van der Waals surface area contributed by atoms with Crippen LogP contribution in [0.25, 0.3) is 123 Å². The van der Waals surface area contributed by atoms with Gasteiger partial charge < -0.3 is 19.0 Å². The molecule has 0 fully saturated rings. The minimum Gasteiger partial charge on any atom is -0.507 e. The average Bonchev–Trinajstić information content (AvgIpc) is 1.71. The van der Waals surface area contributed by atoms with Gasteiger partial charge in [0, 0.05) is 87.0 Å². The molecule has 17 rings (SSSR count). The zero-order valence-electron chi connectivity index (χ0n) is 70.7. The van der Waals surface area contributed by atoms with Crippen molar-refractivity contribution < 1.29 is 61.2 Å². The maximum atomic E-state index is 11.2. The molecule has 6 aromatic heterocycles. The van der Waals surface area contributed by atoms with Crippen molar-refractivity contribution in [2.75, 3.05) is 0 Å². The number of hydrogen-bond acceptors (Lipinski definition) is 8. The summed E-state index contributed by atoms with van der Waals surface area (Å²) < 4.78 is 13.0. The molecule has 610 valence electrons. The normalized spacial score (nSPS) is 12.3. The van der Waals surface area contributed by atoms with Crippen LogP contribution in [-0.4, -0.2) is 30.1 Å². The quantitative estimate of drug-likeness (QED) is 0.0725. The van der Waals surface area contributed by atoms with Crippen LogP contribution < -0.4 is 32.1 Å². The number of benzene rings is 11. The number of rotatable bonds is 16. The first-order chi connectivity index (χ1) is 57.2. The Balaban J connectivity index is 0.000000195. The van der Waals surface area contributed by atoms with Gasteiger partial charge in [-0.3, -0.25) is 19.9 Å². The van der Waals surface area contributed by atoms with E-state index in [-0.39, 0.29) is 81.2 Å². The third-order valence-electron chi connectivity index (χ3n) is 22.1. The Morgan fingerprint density at radius 2 is 0.661 bits per heavy atom. The van der Waals surface area contributed by atoms with E-state index in [0.29, 0.717) is 22.5 Å². The number of phenolic OH excluding ortho intramolecular Hbond substituents is 2. The number of furan rings is 2. The second-order valence-corrected chi connectivity index (χ2v) is 39.2. The second kappa shape index (κ2) is 35.9. The smallest absolute Gasteiger partial charge is 0.143 e. The van der Waals surface area contributed by atoms with Gasteiger partial charge in [-0.25, -0.2) is 0 Å². The van der Waals surface area contributed by atoms with Crippen LogP contribution in [0.1, 0.15) is 131 Å². The van der Waals surface area contributed by atoms with E-state index in [1.807, 2.05) is 73.3 Å². The average molecular weight is 1980 g/mol. The number of fused-ring (bicyclic) bond motifs is 2. The molecule has 0 saturated heterocycles. The number of aromatic nitrogens is 4. The topological polar surface area (TPSA) is 118 Å². The van der Waals surface area contributed by atoms with Crippen molar-refractivity contribution in [3.05, 3.63) is 362 Å². The van der Waals surface area contributed by atoms with Crippen molar-refractivity contribution in [3.8, 4) is 112 Å². The molecule has 0 amide bonds. The summed E-state index contributed by atoms with van der Waals surface area (Å²) >= 11 is 0. The zero-order valence-corrected chi connectivity index (χ0v) is 77.0. The van der Waals surface area contributed by atoms with Crippen LogP contribution in [0.4, 0.5) is 0 Å². The maximum Gasteiger partial charge on any atom is 0.143 e. The van der Waals surface area contributed by atoms with Gasteiger partial charge >= 0.3 is 0 Å². The van der Waals surface area contributed by atoms with Crippen LogP contribution in [-0.2, 0) is 63.8 Å². The van der Waals surface area contributed by atoms with Crippen molar-refractivity contribution in [2.45, 2.75) is 125 Å². The number of phenols is 2. The van der Waals surface area contributed by atoms with E-state index in [4.69, 9.17) is 28.8 Å². The van der Waals surface area contributed by atoms with Gasteiger partial charge in [-0.1, -0.05) is 283 Å². The van der Waals surface area contributed by atoms with E-state index in [1.165, 1.54) is 27.8 Å². The minimum absolute atomic E-state index is 0. The molecule has 12 heteroatoms. The summed E-state index contributed by atoms with van der Waals surface area (Å²) in [6, 6.07) is 111. The van der Waals surface area contributed by atoms with Crippen LogP contribution in [0.15, 0.2) is 331 Å². The zero-order chi connectivity index (χ0) is 83.1. The molecule has 0 aliphatic rings. The van der Waals surface area contributed by atoms with Crippen molar-refractivity contribution >= 4 is 69.9 Å². The standard InChI is InChI=1S/C56H48N2O2P.C53H50N2O2P.2Pt/c1-55(2,3)42-30-40(31-43(35-42)56(4,5)6)41-33-49(58-50(34-41)46-24-13-14-25-51(46)59)39-22-17-23-44(32-39)61(52-26-15-16-28-57-52)54-48(38-20-11-8-12-21-38)36-47(37-18-9-7-10-19-37)45-27-29-60-53(45)54;1-34(2)44-33-45(35-17-10-9-11-18-35)42-24-26-57-50(42)51(44)58(49-23-14-15-25-54-49)41-20-16-19-36(29-41)46-30-38(31-47(55-46)43-21-12-13-22-48(43)56)37-27-39(52(3,4)5)32-40(28-37)53(6,7)8;;/h7-31,33-36,59H,1-6H3;9-28,30-34,56H,1-8H3;;/q2*-1;;. The molecular weight excluding hydrogens is 1880 g/mol. The minimum atomic E-state index is -1.32. The van der Waals surface area contributed by atoms with Crippen LogP contribution >= 0.6 is 15.8 Å². The van der Waals surface area contributed by atoms with E-state index in [1.54, 1.807) is 18.4 Å². The fraction of sp³-hybridized carbons (Fsp3) is 0.174. The van der Waals surface area contributed by atoms with Crippen LogP contribution in [0.2, 0.25) is 0 Å². The molecule has 0 aliphatic heterocycles. The van der Waals surface area contributed by atoms with E-state index in [9.17, 15) is 10.2 Å². The summed E-state index contributed by atoms with van der Waals surface area (Å²) in [6.07, 6.45) is 7.36. The molecule has 0 bridgehead atoms. The first-order valence-corrected chi connectivity index (χ1v) is 43.5. The maximum absolute atomic E-state index is 11.2. The summed E-state index contributed by atoms with van der Waals surface area (Å²) in [6.45, 7) is 31.7. The van der Waals surface area contributed by atoms with E-state index in [2.05, 4.69) is 340 Å². The Hall–Kier alpha value is -11.1. The van der Waals surface area contributed by atoms with Gasteiger partial charge in [-0.05, 0) is 223 Å². The van der Waals surface area contributed by atoms with Gasteiger partial charge in [0.1, 0.15) is 22.7 Å². The fourth-order valence-corrected chi connectivity index (χ4v) is 20.5. The SMILES string of the molecule is CC(C)(C)c1cc(-c2cc(-c3[c-]c(P(c4ccccn4)c4c(-c5ccccc5)cc(-c5ccccc5)c5ccoc45)ccc3)nc(-c3ccccc3O)c2)cc(C(C)(C)C)c1.CC(C)c1cc(-c2ccccc2)c2ccoc2c1P(c1[c-]c(-c2cc(-c3cc(C(C)(C)C)cc(C(C)(C)C)c3)cc(-c3ccccc3O)n2)ccc1)c1ccccn1.[Pt].[Pt]. The van der Waals surface area contributed by atoms with E-state index < -0.39 is 15.8 Å². The van der Waals surface area contributed by atoms with Gasteiger partial charge in [-0.15, -0.1) is 59.7 Å². The number of hydrogen-bond donors (Lipinski definition) is 2. The Morgan fingerprint density at radius 3 is 1.04 bits per heavy atom. The molecule has 121 heavy (non-hydrogen) atoms. The molecule has 2 N–H and O–H groups in total. The predicted molar refractivity (Wildman–Crippen MR) is 500 cm³/mol. The molecule has 0 radical (unpaired) electrons. The van der Waals surface area contributed by atoms with Gasteiger partial charge in [0.25, 0.3) is 0 Å². The number of nitrogens with zero attached hydrogens (tertiary/aromatic N) is 4.